The first kappa shape index (κ1) is 33.1. The van der Waals surface area contributed by atoms with Gasteiger partial charge in [-0.3, -0.25) is 14.4 Å². The zero-order valence-corrected chi connectivity index (χ0v) is 25.9. The molecule has 2 aliphatic heterocycles. The number of nitrogens with one attached hydrogen (secondary N) is 1. The lowest BCUT2D eigenvalue weighted by Gasteiger charge is -2.28. The van der Waals surface area contributed by atoms with Gasteiger partial charge in [-0.15, -0.1) is 0 Å². The lowest BCUT2D eigenvalue weighted by atomic mass is 10.0. The Morgan fingerprint density at radius 3 is 2.34 bits per heavy atom. The molecule has 0 bridgehead atoms. The second-order valence-corrected chi connectivity index (χ2v) is 14.1. The Kier molecular flexibility index (Phi) is 10.1. The number of hydrogen-bond donors (Lipinski definition) is 1. The number of ether oxygens (including phenoxy) is 2. The van der Waals surface area contributed by atoms with Crippen LogP contribution < -0.4 is 10.1 Å². The number of amides is 3. The van der Waals surface area contributed by atoms with Gasteiger partial charge in [0.15, 0.2) is 0 Å². The summed E-state index contributed by atoms with van der Waals surface area (Å²) < 4.78 is 51.7. The number of thioether (sulfide) groups is 1. The van der Waals surface area contributed by atoms with E-state index >= 15 is 0 Å². The number of carbonyl (C=O) groups excluding carboxylic acids is 5. The van der Waals surface area contributed by atoms with Crippen LogP contribution in [0, 0.1) is 5.82 Å². The zero-order chi connectivity index (χ0) is 32.2. The number of hydrogen-bond acceptors (Lipinski definition) is 10. The van der Waals surface area contributed by atoms with Gasteiger partial charge in [0.2, 0.25) is 15.9 Å². The van der Waals surface area contributed by atoms with E-state index in [1.54, 1.807) is 32.9 Å². The van der Waals surface area contributed by atoms with E-state index in [1.807, 2.05) is 0 Å². The summed E-state index contributed by atoms with van der Waals surface area (Å²) in [4.78, 5) is 63.1. The van der Waals surface area contributed by atoms with Gasteiger partial charge in [-0.25, -0.2) is 27.3 Å². The van der Waals surface area contributed by atoms with E-state index in [-0.39, 0.29) is 42.3 Å². The molecule has 15 heteroatoms. The molecule has 2 saturated heterocycles. The molecule has 12 nitrogen and oxygen atoms in total. The average Bonchev–Trinajstić information content (AvgIpc) is 3.46. The summed E-state index contributed by atoms with van der Waals surface area (Å²) in [6.45, 7) is 5.11. The fourth-order valence-electron chi connectivity index (χ4n) is 4.63. The van der Waals surface area contributed by atoms with Crippen LogP contribution in [0.1, 0.15) is 39.2 Å². The highest BCUT2D eigenvalue weighted by atomic mass is 32.2. The van der Waals surface area contributed by atoms with Gasteiger partial charge < -0.3 is 14.8 Å². The largest absolute Gasteiger partial charge is 0.458 e. The summed E-state index contributed by atoms with van der Waals surface area (Å²) >= 11 is 0.829. The number of nitrogens with zero attached hydrogens (tertiary/aromatic N) is 2. The predicted molar refractivity (Wildman–Crippen MR) is 156 cm³/mol. The van der Waals surface area contributed by atoms with Crippen LogP contribution in [-0.4, -0.2) is 83.1 Å². The van der Waals surface area contributed by atoms with Crippen molar-refractivity contribution >= 4 is 50.8 Å². The monoisotopic (exact) mass is 649 g/mol. The van der Waals surface area contributed by atoms with Crippen LogP contribution in [0.2, 0.25) is 0 Å². The molecule has 2 aromatic rings. The van der Waals surface area contributed by atoms with E-state index < -0.39 is 62.5 Å². The summed E-state index contributed by atoms with van der Waals surface area (Å²) in [6.07, 6.45) is -0.405. The van der Waals surface area contributed by atoms with Crippen molar-refractivity contribution in [3.63, 3.8) is 0 Å². The minimum absolute atomic E-state index is 0.0348. The van der Waals surface area contributed by atoms with Crippen molar-refractivity contribution in [2.24, 2.45) is 0 Å². The van der Waals surface area contributed by atoms with E-state index in [0.29, 0.717) is 12.0 Å². The summed E-state index contributed by atoms with van der Waals surface area (Å²) in [5.41, 5.74) is -0.335. The third-order valence-corrected chi connectivity index (χ3v) is 9.44. The standard InChI is InChI=1S/C29H32FN3O9S2/c1-29(2,3)42-26(36)22(17-18-6-10-20(11-7-18)41-28(38)32-15-16-43-27(37)25(32)35)31-24(34)23-5-4-14-33(23)44(39,40)21-12-8-19(30)9-13-21/h6-13,22-23H,4-5,14-17H2,1-3H3,(H,31,34)/t22-,23-/m0/s1. The Morgan fingerprint density at radius 2 is 1.70 bits per heavy atom. The summed E-state index contributed by atoms with van der Waals surface area (Å²) in [6, 6.07) is 7.97. The first-order valence-electron chi connectivity index (χ1n) is 13.8. The molecule has 44 heavy (non-hydrogen) atoms. The molecule has 2 fully saturated rings. The molecule has 2 heterocycles. The molecular formula is C29H32FN3O9S2. The molecule has 236 valence electrons. The third-order valence-electron chi connectivity index (χ3n) is 6.69. The molecule has 0 radical (unpaired) electrons. The van der Waals surface area contributed by atoms with Gasteiger partial charge in [-0.2, -0.15) is 4.31 Å². The van der Waals surface area contributed by atoms with Gasteiger partial charge in [0.1, 0.15) is 29.3 Å². The van der Waals surface area contributed by atoms with Crippen molar-refractivity contribution < 1.29 is 46.3 Å². The Hall–Kier alpha value is -3.82. The lowest BCUT2D eigenvalue weighted by Crippen LogP contribution is -2.52. The topological polar surface area (TPSA) is 156 Å². The maximum atomic E-state index is 13.4. The number of carbonyl (C=O) groups is 5. The highest BCUT2D eigenvalue weighted by Gasteiger charge is 2.41. The van der Waals surface area contributed by atoms with Crippen molar-refractivity contribution in [1.82, 2.24) is 14.5 Å². The molecule has 0 saturated carbocycles. The highest BCUT2D eigenvalue weighted by molar-refractivity contribution is 8.15. The molecule has 0 spiro atoms. The second-order valence-electron chi connectivity index (χ2n) is 11.1. The number of sulfonamides is 1. The normalized spacial score (nSPS) is 18.5. The van der Waals surface area contributed by atoms with Gasteiger partial charge >= 0.3 is 18.0 Å². The average molecular weight is 650 g/mol. The Morgan fingerprint density at radius 1 is 1.05 bits per heavy atom. The summed E-state index contributed by atoms with van der Waals surface area (Å²) in [5.74, 6) is -2.62. The van der Waals surface area contributed by atoms with Crippen LogP contribution in [-0.2, 0) is 40.4 Å². The van der Waals surface area contributed by atoms with Crippen LogP contribution in [0.5, 0.6) is 5.75 Å². The fourth-order valence-corrected chi connectivity index (χ4v) is 6.98. The minimum atomic E-state index is -4.12. The molecule has 3 amide bonds. The first-order chi connectivity index (χ1) is 20.7. The number of rotatable bonds is 8. The smallest absolute Gasteiger partial charge is 0.422 e. The van der Waals surface area contributed by atoms with Crippen molar-refractivity contribution in [3.05, 3.63) is 59.9 Å². The van der Waals surface area contributed by atoms with Gasteiger partial charge in [-0.05, 0) is 75.6 Å². The zero-order valence-electron chi connectivity index (χ0n) is 24.3. The SMILES string of the molecule is CC(C)(C)OC(=O)[C@H](Cc1ccc(OC(=O)N2CCSC(=O)C2=O)cc1)NC(=O)[C@@H]1CCCN1S(=O)(=O)c1ccc(F)cc1. The molecule has 0 aromatic heterocycles. The Balaban J connectivity index is 1.48. The second kappa shape index (κ2) is 13.4. The Bertz CT molecular complexity index is 1540. The van der Waals surface area contributed by atoms with E-state index in [2.05, 4.69) is 5.32 Å². The molecule has 2 aromatic carbocycles. The van der Waals surface area contributed by atoms with Crippen LogP contribution in [0.15, 0.2) is 53.4 Å². The molecule has 0 unspecified atom stereocenters. The first-order valence-corrected chi connectivity index (χ1v) is 16.2. The van der Waals surface area contributed by atoms with Gasteiger partial charge in [0, 0.05) is 25.3 Å². The number of esters is 1. The van der Waals surface area contributed by atoms with Gasteiger partial charge in [-0.1, -0.05) is 23.9 Å². The summed E-state index contributed by atoms with van der Waals surface area (Å²) in [7, 11) is -4.12. The van der Waals surface area contributed by atoms with E-state index in [9.17, 15) is 36.8 Å². The number of imide groups is 1. The van der Waals surface area contributed by atoms with Crippen molar-refractivity contribution in [2.75, 3.05) is 18.8 Å². The number of halogens is 1. The van der Waals surface area contributed by atoms with Crippen molar-refractivity contribution in [2.45, 2.75) is 62.6 Å². The van der Waals surface area contributed by atoms with Crippen LogP contribution in [0.4, 0.5) is 9.18 Å². The molecule has 4 rings (SSSR count). The molecule has 0 aliphatic carbocycles. The van der Waals surface area contributed by atoms with Crippen LogP contribution in [0.25, 0.3) is 0 Å². The van der Waals surface area contributed by atoms with E-state index in [0.717, 1.165) is 45.2 Å². The Labute approximate surface area is 258 Å². The molecular weight excluding hydrogens is 617 g/mol. The lowest BCUT2D eigenvalue weighted by molar-refractivity contribution is -0.158. The van der Waals surface area contributed by atoms with Gasteiger partial charge in [0.05, 0.1) is 4.90 Å². The molecule has 2 atom stereocenters. The highest BCUT2D eigenvalue weighted by Crippen LogP contribution is 2.27. The minimum Gasteiger partial charge on any atom is -0.458 e. The predicted octanol–water partition coefficient (Wildman–Crippen LogP) is 2.65. The molecule has 1 N–H and O–H groups in total. The van der Waals surface area contributed by atoms with Crippen LogP contribution >= 0.6 is 11.8 Å². The van der Waals surface area contributed by atoms with Crippen LogP contribution in [0.3, 0.4) is 0 Å². The van der Waals surface area contributed by atoms with E-state index in [4.69, 9.17) is 9.47 Å². The molecule has 2 aliphatic rings. The quantitative estimate of drug-likeness (QED) is 0.333. The van der Waals surface area contributed by atoms with E-state index in [1.165, 1.54) is 12.1 Å². The third kappa shape index (κ3) is 8.01. The van der Waals surface area contributed by atoms with Gasteiger partial charge in [0.25, 0.3) is 5.12 Å². The number of benzene rings is 2. The maximum absolute atomic E-state index is 13.4. The van der Waals surface area contributed by atoms with Crippen molar-refractivity contribution in [3.8, 4) is 5.75 Å². The van der Waals surface area contributed by atoms with Crippen molar-refractivity contribution in [1.29, 1.82) is 0 Å². The fraction of sp³-hybridized carbons (Fsp3) is 0.414. The maximum Gasteiger partial charge on any atom is 0.422 e. The summed E-state index contributed by atoms with van der Waals surface area (Å²) in [5, 5.41) is 1.91.